The van der Waals surface area contributed by atoms with E-state index in [-0.39, 0.29) is 16.5 Å². The van der Waals surface area contributed by atoms with E-state index in [1.165, 1.54) is 37.4 Å². The smallest absolute Gasteiger partial charge is 0.321 e. The van der Waals surface area contributed by atoms with E-state index in [0.29, 0.717) is 16.1 Å². The van der Waals surface area contributed by atoms with Crippen LogP contribution in [0.3, 0.4) is 0 Å². The van der Waals surface area contributed by atoms with Crippen LogP contribution in [0.1, 0.15) is 20.8 Å². The minimum absolute atomic E-state index is 0.120. The van der Waals surface area contributed by atoms with Gasteiger partial charge in [-0.1, -0.05) is 6.07 Å². The van der Waals surface area contributed by atoms with Crippen LogP contribution < -0.4 is 10.0 Å². The minimum Gasteiger partial charge on any atom is -0.321 e. The molecule has 0 aliphatic rings. The molecule has 0 saturated carbocycles. The molecule has 3 rings (SSSR count). The van der Waals surface area contributed by atoms with Gasteiger partial charge in [-0.15, -0.1) is 0 Å². The number of carbonyl (C=O) groups is 1. The number of hydrogen-bond donors (Lipinski definition) is 2. The first-order chi connectivity index (χ1) is 13.6. The van der Waals surface area contributed by atoms with Crippen LogP contribution >= 0.6 is 11.5 Å². The van der Waals surface area contributed by atoms with Gasteiger partial charge in [0.1, 0.15) is 4.88 Å². The zero-order chi connectivity index (χ0) is 21.2. The molecule has 1 aromatic heterocycles. The van der Waals surface area contributed by atoms with Gasteiger partial charge >= 0.3 is 6.18 Å². The summed E-state index contributed by atoms with van der Waals surface area (Å²) in [4.78, 5) is 12.3. The van der Waals surface area contributed by atoms with Crippen molar-refractivity contribution in [1.82, 2.24) is 4.37 Å². The van der Waals surface area contributed by atoms with Gasteiger partial charge in [0.05, 0.1) is 10.5 Å². The summed E-state index contributed by atoms with van der Waals surface area (Å²) >= 11 is 1.02. The Morgan fingerprint density at radius 1 is 1.07 bits per heavy atom. The molecule has 0 radical (unpaired) electrons. The van der Waals surface area contributed by atoms with Crippen molar-refractivity contribution < 1.29 is 26.4 Å². The monoisotopic (exact) mass is 441 g/mol. The van der Waals surface area contributed by atoms with E-state index in [4.69, 9.17) is 0 Å². The molecule has 1 heterocycles. The van der Waals surface area contributed by atoms with Gasteiger partial charge in [-0.2, -0.15) is 13.2 Å². The van der Waals surface area contributed by atoms with E-state index in [1.807, 2.05) is 0 Å². The normalized spacial score (nSPS) is 11.9. The second kappa shape index (κ2) is 7.84. The summed E-state index contributed by atoms with van der Waals surface area (Å²) in [6.07, 6.45) is -3.10. The largest absolute Gasteiger partial charge is 0.416 e. The maximum atomic E-state index is 12.8. The molecule has 0 aliphatic carbocycles. The number of benzene rings is 2. The number of alkyl halides is 3. The van der Waals surface area contributed by atoms with Gasteiger partial charge in [0.15, 0.2) is 0 Å². The first-order valence-corrected chi connectivity index (χ1v) is 10.3. The van der Waals surface area contributed by atoms with E-state index < -0.39 is 21.8 Å². The maximum absolute atomic E-state index is 12.8. The van der Waals surface area contributed by atoms with Gasteiger partial charge in [-0.3, -0.25) is 9.52 Å². The zero-order valence-electron chi connectivity index (χ0n) is 14.8. The molecular formula is C18H14F3N3O3S2. The maximum Gasteiger partial charge on any atom is 0.416 e. The van der Waals surface area contributed by atoms with E-state index in [1.54, 1.807) is 6.07 Å². The Bertz CT molecular complexity index is 1140. The van der Waals surface area contributed by atoms with E-state index in [2.05, 4.69) is 14.4 Å². The minimum atomic E-state index is -4.59. The Balaban J connectivity index is 1.81. The molecule has 3 aromatic rings. The molecule has 0 saturated heterocycles. The Labute approximate surface area is 168 Å². The van der Waals surface area contributed by atoms with Gasteiger partial charge in [-0.25, -0.2) is 12.8 Å². The lowest BCUT2D eigenvalue weighted by Gasteiger charge is -2.13. The molecule has 6 nitrogen and oxygen atoms in total. The first kappa shape index (κ1) is 20.8. The predicted octanol–water partition coefficient (Wildman–Crippen LogP) is 4.52. The summed E-state index contributed by atoms with van der Waals surface area (Å²) in [5.74, 6) is -0.385. The molecule has 2 aromatic carbocycles. The van der Waals surface area contributed by atoms with Crippen LogP contribution in [0, 0.1) is 6.92 Å². The first-order valence-electron chi connectivity index (χ1n) is 8.09. The molecule has 0 unspecified atom stereocenters. The van der Waals surface area contributed by atoms with Crippen LogP contribution in [0.15, 0.2) is 59.6 Å². The number of halogens is 3. The highest BCUT2D eigenvalue weighted by molar-refractivity contribution is 7.92. The number of sulfonamides is 1. The third-order valence-corrected chi connectivity index (χ3v) is 6.11. The summed E-state index contributed by atoms with van der Waals surface area (Å²) in [6, 6.07) is 9.59. The molecule has 0 aliphatic heterocycles. The van der Waals surface area contributed by atoms with Crippen molar-refractivity contribution in [2.24, 2.45) is 0 Å². The number of hydrogen-bond acceptors (Lipinski definition) is 5. The van der Waals surface area contributed by atoms with Crippen LogP contribution in [0.5, 0.6) is 0 Å². The lowest BCUT2D eigenvalue weighted by molar-refractivity contribution is -0.137. The number of nitrogens with one attached hydrogen (secondary N) is 2. The van der Waals surface area contributed by atoms with Crippen LogP contribution in [-0.2, 0) is 16.2 Å². The number of amides is 1. The summed E-state index contributed by atoms with van der Waals surface area (Å²) in [6.45, 7) is 1.52. The molecule has 0 atom stereocenters. The molecule has 29 heavy (non-hydrogen) atoms. The fraction of sp³-hybridized carbons (Fsp3) is 0.111. The zero-order valence-corrected chi connectivity index (χ0v) is 16.5. The van der Waals surface area contributed by atoms with Crippen molar-refractivity contribution >= 4 is 38.8 Å². The van der Waals surface area contributed by atoms with Gasteiger partial charge in [0.25, 0.3) is 15.9 Å². The predicted molar refractivity (Wildman–Crippen MR) is 103 cm³/mol. The van der Waals surface area contributed by atoms with E-state index >= 15 is 0 Å². The Hall–Kier alpha value is -2.92. The van der Waals surface area contributed by atoms with Gasteiger partial charge in [-0.05, 0) is 66.5 Å². The number of rotatable bonds is 5. The lowest BCUT2D eigenvalue weighted by Crippen LogP contribution is -2.16. The van der Waals surface area contributed by atoms with Crippen LogP contribution in [0.4, 0.5) is 24.5 Å². The fourth-order valence-corrected chi connectivity index (χ4v) is 4.29. The fourth-order valence-electron chi connectivity index (χ4n) is 2.52. The Kier molecular flexibility index (Phi) is 5.62. The number of carbonyl (C=O) groups excluding carboxylic acids is 1. The van der Waals surface area contributed by atoms with Crippen molar-refractivity contribution in [3.8, 4) is 0 Å². The van der Waals surface area contributed by atoms with E-state index in [9.17, 15) is 26.4 Å². The van der Waals surface area contributed by atoms with Crippen molar-refractivity contribution in [2.75, 3.05) is 10.0 Å². The number of aryl methyl sites for hydroxylation is 1. The van der Waals surface area contributed by atoms with Crippen LogP contribution in [0.2, 0.25) is 0 Å². The average molecular weight is 441 g/mol. The lowest BCUT2D eigenvalue weighted by atomic mass is 10.2. The summed E-state index contributed by atoms with van der Waals surface area (Å²) in [5, 5.41) is 2.63. The molecule has 11 heteroatoms. The third kappa shape index (κ3) is 4.93. The van der Waals surface area contributed by atoms with Crippen molar-refractivity contribution in [1.29, 1.82) is 0 Å². The van der Waals surface area contributed by atoms with Crippen LogP contribution in [0.25, 0.3) is 0 Å². The van der Waals surface area contributed by atoms with Gasteiger partial charge < -0.3 is 5.32 Å². The molecule has 0 spiro atoms. The van der Waals surface area contributed by atoms with Crippen molar-refractivity contribution in [3.63, 3.8) is 0 Å². The Morgan fingerprint density at radius 3 is 2.45 bits per heavy atom. The summed E-state index contributed by atoms with van der Waals surface area (Å²) in [5.41, 5.74) is -0.483. The second-order valence-electron chi connectivity index (χ2n) is 6.00. The molecule has 1 amide bonds. The highest BCUT2D eigenvalue weighted by Gasteiger charge is 2.30. The second-order valence-corrected chi connectivity index (χ2v) is 8.48. The van der Waals surface area contributed by atoms with Gasteiger partial charge in [0, 0.05) is 17.6 Å². The highest BCUT2D eigenvalue weighted by Crippen LogP contribution is 2.31. The molecular weight excluding hydrogens is 427 g/mol. The third-order valence-electron chi connectivity index (χ3n) is 3.83. The molecule has 0 fully saturated rings. The van der Waals surface area contributed by atoms with Crippen molar-refractivity contribution in [3.05, 3.63) is 70.7 Å². The number of nitrogens with zero attached hydrogens (tertiary/aromatic N) is 1. The van der Waals surface area contributed by atoms with E-state index in [0.717, 1.165) is 29.7 Å². The quantitative estimate of drug-likeness (QED) is 0.609. The van der Waals surface area contributed by atoms with Crippen LogP contribution in [-0.4, -0.2) is 18.7 Å². The number of anilines is 2. The number of aromatic nitrogens is 1. The average Bonchev–Trinajstić information content (AvgIpc) is 3.15. The highest BCUT2D eigenvalue weighted by atomic mass is 32.2. The summed E-state index contributed by atoms with van der Waals surface area (Å²) in [7, 11) is -4.13. The Morgan fingerprint density at radius 2 is 1.83 bits per heavy atom. The topological polar surface area (TPSA) is 88.2 Å². The molecule has 152 valence electrons. The molecule has 2 N–H and O–H groups in total. The summed E-state index contributed by atoms with van der Waals surface area (Å²) < 4.78 is 69.7. The molecule has 0 bridgehead atoms. The van der Waals surface area contributed by atoms with Gasteiger partial charge in [0.2, 0.25) is 0 Å². The SMILES string of the molecule is Cc1cc(NC(=O)c2ccns2)ccc1S(=O)(=O)Nc1cccc(C(F)(F)F)c1. The van der Waals surface area contributed by atoms with Crippen molar-refractivity contribution in [2.45, 2.75) is 18.0 Å². The standard InChI is InChI=1S/C18H14F3N3O3S2/c1-11-9-13(23-17(25)15-7-8-22-28-15)5-6-16(11)29(26,27)24-14-4-2-3-12(10-14)18(19,20)21/h2-10,24H,1H3,(H,23,25).